The Labute approximate surface area is 166 Å². The Hall–Kier alpha value is -2.44. The van der Waals surface area contributed by atoms with Crippen LogP contribution in [0.15, 0.2) is 22.9 Å². The van der Waals surface area contributed by atoms with Crippen molar-refractivity contribution in [2.24, 2.45) is 5.92 Å². The van der Waals surface area contributed by atoms with Gasteiger partial charge in [0.15, 0.2) is 0 Å². The molecule has 1 amide bonds. The molecule has 4 rings (SSSR count). The Balaban J connectivity index is 1.52. The maximum Gasteiger partial charge on any atom is 0.227 e. The number of anilines is 1. The molecule has 2 saturated heterocycles. The van der Waals surface area contributed by atoms with E-state index in [9.17, 15) is 4.79 Å². The molecular formula is C21H29N5O2. The van der Waals surface area contributed by atoms with Gasteiger partial charge in [0.05, 0.1) is 11.5 Å². The van der Waals surface area contributed by atoms with Gasteiger partial charge in [-0.3, -0.25) is 4.79 Å². The van der Waals surface area contributed by atoms with E-state index in [1.807, 2.05) is 19.1 Å². The number of carbonyl (C=O) groups is 1. The molecule has 0 aliphatic carbocycles. The van der Waals surface area contributed by atoms with Crippen LogP contribution in [0.5, 0.6) is 0 Å². The van der Waals surface area contributed by atoms with E-state index in [4.69, 9.17) is 4.52 Å². The van der Waals surface area contributed by atoms with Gasteiger partial charge in [-0.1, -0.05) is 24.9 Å². The molecule has 0 spiro atoms. The first kappa shape index (κ1) is 18.9. The molecule has 0 aromatic carbocycles. The number of nitrogens with zero attached hydrogens (tertiary/aromatic N) is 5. The fourth-order valence-corrected chi connectivity index (χ4v) is 4.25. The van der Waals surface area contributed by atoms with Gasteiger partial charge in [-0.2, -0.15) is 4.98 Å². The van der Waals surface area contributed by atoms with Crippen molar-refractivity contribution in [3.05, 3.63) is 24.2 Å². The van der Waals surface area contributed by atoms with E-state index in [-0.39, 0.29) is 5.92 Å². The number of amides is 1. The number of aryl methyl sites for hydroxylation is 1. The van der Waals surface area contributed by atoms with Gasteiger partial charge in [0.1, 0.15) is 5.82 Å². The van der Waals surface area contributed by atoms with Crippen LogP contribution in [0.1, 0.15) is 51.3 Å². The lowest BCUT2D eigenvalue weighted by Crippen LogP contribution is -2.45. The van der Waals surface area contributed by atoms with E-state index in [0.29, 0.717) is 30.6 Å². The minimum atomic E-state index is 0.0400. The van der Waals surface area contributed by atoms with Crippen molar-refractivity contribution in [1.29, 1.82) is 0 Å². The highest BCUT2D eigenvalue weighted by molar-refractivity contribution is 5.80. The number of rotatable bonds is 4. The van der Waals surface area contributed by atoms with Crippen LogP contribution in [-0.4, -0.2) is 52.1 Å². The summed E-state index contributed by atoms with van der Waals surface area (Å²) in [5.74, 6) is 2.40. The maximum absolute atomic E-state index is 13.1. The summed E-state index contributed by atoms with van der Waals surface area (Å²) >= 11 is 0. The quantitative estimate of drug-likeness (QED) is 0.806. The Kier molecular flexibility index (Phi) is 5.88. The van der Waals surface area contributed by atoms with E-state index >= 15 is 0 Å². The number of hydrogen-bond donors (Lipinski definition) is 0. The molecule has 4 heterocycles. The Bertz CT molecular complexity index is 798. The first-order chi connectivity index (χ1) is 13.8. The fourth-order valence-electron chi connectivity index (χ4n) is 4.25. The third-order valence-corrected chi connectivity index (χ3v) is 5.79. The van der Waals surface area contributed by atoms with E-state index in [2.05, 4.69) is 24.9 Å². The molecule has 7 heteroatoms. The smallest absolute Gasteiger partial charge is 0.227 e. The summed E-state index contributed by atoms with van der Waals surface area (Å²) in [5, 5.41) is 4.12. The minimum absolute atomic E-state index is 0.0400. The molecule has 2 fully saturated rings. The van der Waals surface area contributed by atoms with Crippen LogP contribution in [0.4, 0.5) is 5.82 Å². The first-order valence-electron chi connectivity index (χ1n) is 10.6. The van der Waals surface area contributed by atoms with E-state index in [0.717, 1.165) is 56.7 Å². The normalized spacial score (nSPS) is 20.8. The second-order valence-corrected chi connectivity index (χ2v) is 7.76. The molecule has 2 aliphatic rings. The molecule has 1 unspecified atom stereocenters. The number of hydrogen-bond acceptors (Lipinski definition) is 6. The average Bonchev–Trinajstić information content (AvgIpc) is 3.07. The second kappa shape index (κ2) is 8.71. The number of pyridine rings is 1. The number of carbonyl (C=O) groups excluding carboxylic acids is 1. The van der Waals surface area contributed by atoms with Gasteiger partial charge < -0.3 is 14.3 Å². The monoisotopic (exact) mass is 383 g/mol. The maximum atomic E-state index is 13.1. The molecule has 7 nitrogen and oxygen atoms in total. The van der Waals surface area contributed by atoms with Crippen LogP contribution >= 0.6 is 0 Å². The van der Waals surface area contributed by atoms with Crippen LogP contribution < -0.4 is 4.90 Å². The van der Waals surface area contributed by atoms with Gasteiger partial charge in [0.2, 0.25) is 17.6 Å². The van der Waals surface area contributed by atoms with Crippen molar-refractivity contribution in [2.45, 2.75) is 51.9 Å². The van der Waals surface area contributed by atoms with Gasteiger partial charge in [-0.05, 0) is 37.8 Å². The van der Waals surface area contributed by atoms with Gasteiger partial charge in [0, 0.05) is 38.8 Å². The zero-order chi connectivity index (χ0) is 19.3. The second-order valence-electron chi connectivity index (χ2n) is 7.76. The van der Waals surface area contributed by atoms with E-state index < -0.39 is 0 Å². The third-order valence-electron chi connectivity index (χ3n) is 5.79. The molecule has 0 radical (unpaired) electrons. The van der Waals surface area contributed by atoms with Crippen LogP contribution in [0.2, 0.25) is 0 Å². The molecule has 28 heavy (non-hydrogen) atoms. The van der Waals surface area contributed by atoms with Crippen LogP contribution in [0.25, 0.3) is 11.4 Å². The van der Waals surface area contributed by atoms with Crippen molar-refractivity contribution >= 4 is 11.7 Å². The molecule has 2 aromatic heterocycles. The predicted molar refractivity (Wildman–Crippen MR) is 107 cm³/mol. The van der Waals surface area contributed by atoms with Crippen LogP contribution in [0, 0.1) is 5.92 Å². The number of piperidine rings is 1. The molecule has 0 N–H and O–H groups in total. The average molecular weight is 383 g/mol. The SMILES string of the molecule is CCc1nc(-c2cccnc2N2CCCC(C(=O)N3CCCCCC3)C2)no1. The van der Waals surface area contributed by atoms with Crippen LogP contribution in [-0.2, 0) is 11.2 Å². The molecule has 150 valence electrons. The van der Waals surface area contributed by atoms with Crippen molar-refractivity contribution in [3.63, 3.8) is 0 Å². The third kappa shape index (κ3) is 4.03. The molecule has 1 atom stereocenters. The zero-order valence-corrected chi connectivity index (χ0v) is 16.6. The summed E-state index contributed by atoms with van der Waals surface area (Å²) in [6, 6.07) is 3.87. The highest BCUT2D eigenvalue weighted by atomic mass is 16.5. The summed E-state index contributed by atoms with van der Waals surface area (Å²) in [4.78, 5) is 26.5. The van der Waals surface area contributed by atoms with Crippen molar-refractivity contribution in [1.82, 2.24) is 20.0 Å². The Morgan fingerprint density at radius 3 is 2.75 bits per heavy atom. The van der Waals surface area contributed by atoms with Crippen molar-refractivity contribution in [3.8, 4) is 11.4 Å². The Morgan fingerprint density at radius 1 is 1.18 bits per heavy atom. The number of likely N-dealkylation sites (tertiary alicyclic amines) is 1. The molecule has 2 aromatic rings. The largest absolute Gasteiger partial charge is 0.355 e. The van der Waals surface area contributed by atoms with E-state index in [1.54, 1.807) is 6.20 Å². The lowest BCUT2D eigenvalue weighted by Gasteiger charge is -2.36. The Morgan fingerprint density at radius 2 is 2.00 bits per heavy atom. The topological polar surface area (TPSA) is 75.4 Å². The summed E-state index contributed by atoms with van der Waals surface area (Å²) < 4.78 is 5.29. The van der Waals surface area contributed by atoms with Gasteiger partial charge in [0.25, 0.3) is 0 Å². The fraction of sp³-hybridized carbons (Fsp3) is 0.619. The summed E-state index contributed by atoms with van der Waals surface area (Å²) in [6.45, 7) is 5.41. The lowest BCUT2D eigenvalue weighted by molar-refractivity contribution is -0.135. The van der Waals surface area contributed by atoms with Gasteiger partial charge >= 0.3 is 0 Å². The van der Waals surface area contributed by atoms with Crippen LogP contribution in [0.3, 0.4) is 0 Å². The minimum Gasteiger partial charge on any atom is -0.355 e. The van der Waals surface area contributed by atoms with Gasteiger partial charge in [-0.25, -0.2) is 4.98 Å². The molecule has 0 saturated carbocycles. The summed E-state index contributed by atoms with van der Waals surface area (Å²) in [7, 11) is 0. The highest BCUT2D eigenvalue weighted by Crippen LogP contribution is 2.31. The molecule has 0 bridgehead atoms. The van der Waals surface area contributed by atoms with Crippen molar-refractivity contribution in [2.75, 3.05) is 31.1 Å². The van der Waals surface area contributed by atoms with Gasteiger partial charge in [-0.15, -0.1) is 0 Å². The standard InChI is InChI=1S/C21H29N5O2/c1-2-18-23-19(24-28-18)17-10-7-11-22-20(17)26-14-8-9-16(15-26)21(27)25-12-5-3-4-6-13-25/h7,10-11,16H,2-6,8-9,12-15H2,1H3. The predicted octanol–water partition coefficient (Wildman–Crippen LogP) is 3.31. The number of aromatic nitrogens is 3. The van der Waals surface area contributed by atoms with Crippen molar-refractivity contribution < 1.29 is 9.32 Å². The lowest BCUT2D eigenvalue weighted by atomic mass is 9.96. The first-order valence-corrected chi connectivity index (χ1v) is 10.6. The zero-order valence-electron chi connectivity index (χ0n) is 16.6. The van der Waals surface area contributed by atoms with E-state index in [1.165, 1.54) is 12.8 Å². The highest BCUT2D eigenvalue weighted by Gasteiger charge is 2.31. The summed E-state index contributed by atoms with van der Waals surface area (Å²) in [6.07, 6.45) is 9.18. The molecular weight excluding hydrogens is 354 g/mol. The molecule has 2 aliphatic heterocycles. The summed E-state index contributed by atoms with van der Waals surface area (Å²) in [5.41, 5.74) is 0.869.